The highest BCUT2D eigenvalue weighted by molar-refractivity contribution is 5.80. The van der Waals surface area contributed by atoms with Crippen molar-refractivity contribution in [2.75, 3.05) is 7.05 Å². The van der Waals surface area contributed by atoms with Gasteiger partial charge in [0.2, 0.25) is 5.91 Å². The first-order valence-corrected chi connectivity index (χ1v) is 5.71. The van der Waals surface area contributed by atoms with Gasteiger partial charge in [-0.15, -0.1) is 0 Å². The highest BCUT2D eigenvalue weighted by atomic mass is 16.2. The lowest BCUT2D eigenvalue weighted by Gasteiger charge is -2.21. The topological polar surface area (TPSA) is 41.1 Å². The summed E-state index contributed by atoms with van der Waals surface area (Å²) < 4.78 is 0. The van der Waals surface area contributed by atoms with Gasteiger partial charge in [-0.3, -0.25) is 10.1 Å². The van der Waals surface area contributed by atoms with Crippen LogP contribution < -0.4 is 10.6 Å². The number of carbonyl (C=O) groups excluding carboxylic acids is 1. The molecule has 0 saturated carbocycles. The lowest BCUT2D eigenvalue weighted by Crippen LogP contribution is -2.42. The number of amides is 1. The third-order valence-electron chi connectivity index (χ3n) is 2.70. The number of benzene rings is 1. The molecule has 2 N–H and O–H groups in total. The molecule has 0 bridgehead atoms. The minimum atomic E-state index is -0.171. The Morgan fingerprint density at radius 3 is 2.44 bits per heavy atom. The first-order valence-electron chi connectivity index (χ1n) is 5.71. The summed E-state index contributed by atoms with van der Waals surface area (Å²) in [5.74, 6) is 0.0226. The number of nitrogens with one attached hydrogen (secondary N) is 2. The number of carbonyl (C=O) groups is 1. The molecular weight excluding hydrogens is 200 g/mol. The van der Waals surface area contributed by atoms with Gasteiger partial charge in [0.05, 0.1) is 6.04 Å². The van der Waals surface area contributed by atoms with Gasteiger partial charge >= 0.3 is 0 Å². The van der Waals surface area contributed by atoms with E-state index in [4.69, 9.17) is 0 Å². The lowest BCUT2D eigenvalue weighted by molar-refractivity contribution is -0.122. The van der Waals surface area contributed by atoms with E-state index in [0.29, 0.717) is 0 Å². The largest absolute Gasteiger partial charge is 0.358 e. The van der Waals surface area contributed by atoms with Crippen molar-refractivity contribution in [2.45, 2.75) is 32.4 Å². The van der Waals surface area contributed by atoms with Crippen LogP contribution in [0.5, 0.6) is 0 Å². The van der Waals surface area contributed by atoms with Crippen molar-refractivity contribution in [3.05, 3.63) is 35.9 Å². The Morgan fingerprint density at radius 2 is 1.94 bits per heavy atom. The van der Waals surface area contributed by atoms with E-state index in [1.165, 1.54) is 5.56 Å². The van der Waals surface area contributed by atoms with E-state index < -0.39 is 0 Å². The van der Waals surface area contributed by atoms with Gasteiger partial charge < -0.3 is 5.32 Å². The second kappa shape index (κ2) is 6.28. The molecule has 1 rings (SSSR count). The Bertz CT molecular complexity index is 324. The predicted octanol–water partition coefficient (Wildman–Crippen LogP) is 1.86. The van der Waals surface area contributed by atoms with E-state index in [-0.39, 0.29) is 18.0 Å². The standard InChI is InChI=1S/C13H20N2O/c1-4-12(11-8-6-5-7-9-11)15-10(2)13(16)14-3/h5-10,12,15H,4H2,1-3H3,(H,14,16). The summed E-state index contributed by atoms with van der Waals surface area (Å²) in [6.45, 7) is 3.99. The van der Waals surface area contributed by atoms with Crippen molar-refractivity contribution in [1.82, 2.24) is 10.6 Å². The van der Waals surface area contributed by atoms with Crippen molar-refractivity contribution in [1.29, 1.82) is 0 Å². The van der Waals surface area contributed by atoms with Gasteiger partial charge in [0, 0.05) is 13.1 Å². The lowest BCUT2D eigenvalue weighted by atomic mass is 10.0. The first kappa shape index (κ1) is 12.7. The molecule has 0 spiro atoms. The van der Waals surface area contributed by atoms with Crippen LogP contribution in [0, 0.1) is 0 Å². The van der Waals surface area contributed by atoms with Gasteiger partial charge in [-0.2, -0.15) is 0 Å². The van der Waals surface area contributed by atoms with Crippen LogP contribution in [0.3, 0.4) is 0 Å². The van der Waals surface area contributed by atoms with Gasteiger partial charge in [-0.1, -0.05) is 37.3 Å². The molecule has 88 valence electrons. The van der Waals surface area contributed by atoms with Crippen LogP contribution in [0.4, 0.5) is 0 Å². The average molecular weight is 220 g/mol. The fourth-order valence-electron chi connectivity index (χ4n) is 1.73. The third kappa shape index (κ3) is 3.35. The Hall–Kier alpha value is -1.35. The Balaban J connectivity index is 2.66. The molecule has 3 nitrogen and oxygen atoms in total. The molecule has 3 heteroatoms. The van der Waals surface area contributed by atoms with Gasteiger partial charge in [0.1, 0.15) is 0 Å². The monoisotopic (exact) mass is 220 g/mol. The third-order valence-corrected chi connectivity index (χ3v) is 2.70. The quantitative estimate of drug-likeness (QED) is 0.795. The zero-order chi connectivity index (χ0) is 12.0. The summed E-state index contributed by atoms with van der Waals surface area (Å²) in [5.41, 5.74) is 1.22. The molecule has 16 heavy (non-hydrogen) atoms. The minimum absolute atomic E-state index is 0.0226. The van der Waals surface area contributed by atoms with Crippen molar-refractivity contribution in [3.8, 4) is 0 Å². The Labute approximate surface area is 97.2 Å². The minimum Gasteiger partial charge on any atom is -0.358 e. The van der Waals surface area contributed by atoms with Gasteiger partial charge in [0.15, 0.2) is 0 Å². The second-order valence-corrected chi connectivity index (χ2v) is 3.87. The van der Waals surface area contributed by atoms with Crippen LogP contribution in [-0.2, 0) is 4.79 Å². The van der Waals surface area contributed by atoms with Crippen LogP contribution in [0.25, 0.3) is 0 Å². The van der Waals surface area contributed by atoms with Crippen molar-refractivity contribution in [2.24, 2.45) is 0 Å². The molecule has 0 aromatic heterocycles. The summed E-state index contributed by atoms with van der Waals surface area (Å²) in [6, 6.07) is 10.3. The number of hydrogen-bond donors (Lipinski definition) is 2. The predicted molar refractivity (Wildman–Crippen MR) is 66.1 cm³/mol. The molecular formula is C13H20N2O. The van der Waals surface area contributed by atoms with E-state index in [9.17, 15) is 4.79 Å². The molecule has 0 saturated heterocycles. The zero-order valence-corrected chi connectivity index (χ0v) is 10.2. The molecule has 1 amide bonds. The smallest absolute Gasteiger partial charge is 0.236 e. The van der Waals surface area contributed by atoms with Crippen LogP contribution in [-0.4, -0.2) is 19.0 Å². The maximum absolute atomic E-state index is 11.4. The van der Waals surface area contributed by atoms with E-state index in [1.807, 2.05) is 25.1 Å². The van der Waals surface area contributed by atoms with E-state index in [1.54, 1.807) is 7.05 Å². The molecule has 0 fully saturated rings. The summed E-state index contributed by atoms with van der Waals surface area (Å²) >= 11 is 0. The van der Waals surface area contributed by atoms with Gasteiger partial charge in [0.25, 0.3) is 0 Å². The number of likely N-dealkylation sites (N-methyl/N-ethyl adjacent to an activating group) is 1. The SMILES string of the molecule is CCC(NC(C)C(=O)NC)c1ccccc1. The van der Waals surface area contributed by atoms with Crippen LogP contribution in [0.2, 0.25) is 0 Å². The molecule has 0 heterocycles. The van der Waals surface area contributed by atoms with E-state index in [2.05, 4.69) is 29.7 Å². The maximum Gasteiger partial charge on any atom is 0.236 e. The Kier molecular flexibility index (Phi) is 4.99. The number of rotatable bonds is 5. The first-order chi connectivity index (χ1) is 7.69. The summed E-state index contributed by atoms with van der Waals surface area (Å²) in [5, 5.41) is 5.97. The highest BCUT2D eigenvalue weighted by Gasteiger charge is 2.16. The zero-order valence-electron chi connectivity index (χ0n) is 10.2. The molecule has 1 aromatic carbocycles. The van der Waals surface area contributed by atoms with Crippen LogP contribution in [0.1, 0.15) is 31.9 Å². The molecule has 0 aliphatic heterocycles. The highest BCUT2D eigenvalue weighted by Crippen LogP contribution is 2.16. The fraction of sp³-hybridized carbons (Fsp3) is 0.462. The average Bonchev–Trinajstić information content (AvgIpc) is 2.35. The number of hydrogen-bond acceptors (Lipinski definition) is 2. The van der Waals surface area contributed by atoms with Gasteiger partial charge in [-0.25, -0.2) is 0 Å². The van der Waals surface area contributed by atoms with E-state index >= 15 is 0 Å². The molecule has 2 unspecified atom stereocenters. The van der Waals surface area contributed by atoms with Crippen molar-refractivity contribution in [3.63, 3.8) is 0 Å². The van der Waals surface area contributed by atoms with E-state index in [0.717, 1.165) is 6.42 Å². The van der Waals surface area contributed by atoms with Crippen molar-refractivity contribution < 1.29 is 4.79 Å². The summed E-state index contributed by atoms with van der Waals surface area (Å²) in [4.78, 5) is 11.4. The maximum atomic E-state index is 11.4. The van der Waals surface area contributed by atoms with Crippen LogP contribution in [0.15, 0.2) is 30.3 Å². The van der Waals surface area contributed by atoms with Crippen molar-refractivity contribution >= 4 is 5.91 Å². The molecule has 0 aliphatic rings. The fourth-order valence-corrected chi connectivity index (χ4v) is 1.73. The Morgan fingerprint density at radius 1 is 1.31 bits per heavy atom. The van der Waals surface area contributed by atoms with Crippen LogP contribution >= 0.6 is 0 Å². The molecule has 1 aromatic rings. The molecule has 0 aliphatic carbocycles. The summed E-state index contributed by atoms with van der Waals surface area (Å²) in [7, 11) is 1.66. The summed E-state index contributed by atoms with van der Waals surface area (Å²) in [6.07, 6.45) is 0.964. The normalized spacial score (nSPS) is 14.2. The molecule has 2 atom stereocenters. The van der Waals surface area contributed by atoms with Gasteiger partial charge in [-0.05, 0) is 18.9 Å². The molecule has 0 radical (unpaired) electrons. The second-order valence-electron chi connectivity index (χ2n) is 3.87.